The summed E-state index contributed by atoms with van der Waals surface area (Å²) in [6.45, 7) is 2.06. The Morgan fingerprint density at radius 3 is 2.46 bits per heavy atom. The topological polar surface area (TPSA) is 63.1 Å². The molecule has 2 aromatic carbocycles. The van der Waals surface area contributed by atoms with Gasteiger partial charge in [0, 0.05) is 23.3 Å². The highest BCUT2D eigenvalue weighted by Gasteiger charge is 2.08. The number of aromatic nitrogens is 3. The third kappa shape index (κ3) is 3.42. The Bertz CT molecular complexity index is 1060. The van der Waals surface area contributed by atoms with Crippen LogP contribution >= 0.6 is 0 Å². The van der Waals surface area contributed by atoms with E-state index in [2.05, 4.69) is 39.6 Å². The van der Waals surface area contributed by atoms with Crippen LogP contribution in [-0.4, -0.2) is 21.2 Å². The lowest BCUT2D eigenvalue weighted by Gasteiger charge is -2.08. The van der Waals surface area contributed by atoms with Gasteiger partial charge in [-0.15, -0.1) is 0 Å². The number of aryl methyl sites for hydroxylation is 1. The number of hydrazone groups is 1. The molecule has 26 heavy (non-hydrogen) atoms. The fourth-order valence-electron chi connectivity index (χ4n) is 2.61. The summed E-state index contributed by atoms with van der Waals surface area (Å²) in [6.07, 6.45) is 5.21. The van der Waals surface area contributed by atoms with Crippen molar-refractivity contribution in [2.45, 2.75) is 6.92 Å². The molecular formula is C21H17N5. The van der Waals surface area contributed by atoms with Gasteiger partial charge in [0.2, 0.25) is 0 Å². The van der Waals surface area contributed by atoms with Crippen molar-refractivity contribution in [2.24, 2.45) is 5.10 Å². The minimum atomic E-state index is 0.672. The molecule has 0 radical (unpaired) electrons. The Hall–Kier alpha value is -3.60. The first-order valence-electron chi connectivity index (χ1n) is 8.32. The molecule has 0 amide bonds. The monoisotopic (exact) mass is 339 g/mol. The van der Waals surface area contributed by atoms with E-state index in [0.717, 1.165) is 22.0 Å². The molecular weight excluding hydrogens is 322 g/mol. The predicted molar refractivity (Wildman–Crippen MR) is 105 cm³/mol. The molecule has 0 aliphatic heterocycles. The quantitative estimate of drug-likeness (QED) is 0.441. The molecule has 0 saturated carbocycles. The van der Waals surface area contributed by atoms with Crippen LogP contribution in [0.4, 0.5) is 5.82 Å². The number of benzene rings is 2. The predicted octanol–water partition coefficient (Wildman–Crippen LogP) is 4.45. The van der Waals surface area contributed by atoms with Crippen molar-refractivity contribution in [3.05, 3.63) is 84.2 Å². The molecule has 4 aromatic rings. The largest absolute Gasteiger partial charge is 0.265 e. The van der Waals surface area contributed by atoms with Crippen molar-refractivity contribution < 1.29 is 0 Å². The van der Waals surface area contributed by atoms with Crippen LogP contribution < -0.4 is 5.43 Å². The molecule has 0 atom stereocenters. The zero-order valence-corrected chi connectivity index (χ0v) is 14.3. The lowest BCUT2D eigenvalue weighted by Crippen LogP contribution is -1.99. The van der Waals surface area contributed by atoms with E-state index in [1.165, 1.54) is 5.56 Å². The minimum Gasteiger partial charge on any atom is -0.265 e. The van der Waals surface area contributed by atoms with E-state index < -0.39 is 0 Å². The average Bonchev–Trinajstić information content (AvgIpc) is 2.69. The van der Waals surface area contributed by atoms with Crippen molar-refractivity contribution in [1.29, 1.82) is 0 Å². The van der Waals surface area contributed by atoms with Crippen LogP contribution in [0.25, 0.3) is 22.3 Å². The number of hydrogen-bond donors (Lipinski definition) is 1. The minimum absolute atomic E-state index is 0.672. The summed E-state index contributed by atoms with van der Waals surface area (Å²) in [5.74, 6) is 1.35. The molecule has 0 bridgehead atoms. The van der Waals surface area contributed by atoms with Crippen molar-refractivity contribution in [1.82, 2.24) is 15.0 Å². The molecule has 0 fully saturated rings. The highest BCUT2D eigenvalue weighted by atomic mass is 15.3. The molecule has 2 heterocycles. The highest BCUT2D eigenvalue weighted by molar-refractivity contribution is 5.91. The number of fused-ring (bicyclic) bond motifs is 1. The van der Waals surface area contributed by atoms with Gasteiger partial charge < -0.3 is 0 Å². The molecule has 0 aliphatic carbocycles. The van der Waals surface area contributed by atoms with E-state index in [0.29, 0.717) is 11.6 Å². The zero-order valence-electron chi connectivity index (χ0n) is 14.3. The summed E-state index contributed by atoms with van der Waals surface area (Å²) in [6, 6.07) is 19.9. The van der Waals surface area contributed by atoms with Gasteiger partial charge in [0.1, 0.15) is 0 Å². The fraction of sp³-hybridized carbons (Fsp3) is 0.0476. The molecule has 0 saturated heterocycles. The molecule has 1 N–H and O–H groups in total. The number of anilines is 1. The molecule has 4 rings (SSSR count). The lowest BCUT2D eigenvalue weighted by molar-refractivity contribution is 1.19. The second kappa shape index (κ2) is 7.11. The Labute approximate surface area is 151 Å². The van der Waals surface area contributed by atoms with Crippen LogP contribution in [0.2, 0.25) is 0 Å². The van der Waals surface area contributed by atoms with Gasteiger partial charge in [-0.1, -0.05) is 42.0 Å². The molecule has 5 nitrogen and oxygen atoms in total. The molecule has 0 unspecified atom stereocenters. The second-order valence-corrected chi connectivity index (χ2v) is 5.93. The first-order valence-corrected chi connectivity index (χ1v) is 8.32. The van der Waals surface area contributed by atoms with Gasteiger partial charge in [-0.05, 0) is 36.8 Å². The first kappa shape index (κ1) is 15.9. The van der Waals surface area contributed by atoms with Gasteiger partial charge in [0.25, 0.3) is 0 Å². The summed E-state index contributed by atoms with van der Waals surface area (Å²) in [5.41, 5.74) is 7.07. The van der Waals surface area contributed by atoms with Crippen LogP contribution in [-0.2, 0) is 0 Å². The van der Waals surface area contributed by atoms with Gasteiger partial charge >= 0.3 is 0 Å². The molecule has 126 valence electrons. The van der Waals surface area contributed by atoms with E-state index in [9.17, 15) is 0 Å². The smallest absolute Gasteiger partial charge is 0.162 e. The number of pyridine rings is 1. The van der Waals surface area contributed by atoms with E-state index in [1.807, 2.05) is 48.5 Å². The number of nitrogens with zero attached hydrogens (tertiary/aromatic N) is 4. The van der Waals surface area contributed by atoms with Gasteiger partial charge in [-0.2, -0.15) is 5.10 Å². The third-order valence-electron chi connectivity index (χ3n) is 4.00. The first-order chi connectivity index (χ1) is 12.8. The van der Waals surface area contributed by atoms with Crippen molar-refractivity contribution >= 4 is 22.9 Å². The van der Waals surface area contributed by atoms with E-state index in [-0.39, 0.29) is 0 Å². The Morgan fingerprint density at radius 1 is 0.885 bits per heavy atom. The SMILES string of the molecule is Cc1ccc(-c2nc(N/N=C\c3ccncc3)c3ccccc3n2)cc1. The molecule has 2 aromatic heterocycles. The summed E-state index contributed by atoms with van der Waals surface area (Å²) in [4.78, 5) is 13.4. The maximum Gasteiger partial charge on any atom is 0.162 e. The van der Waals surface area contributed by atoms with Gasteiger partial charge in [-0.3, -0.25) is 10.4 Å². The van der Waals surface area contributed by atoms with Crippen LogP contribution in [0.15, 0.2) is 78.2 Å². The standard InChI is InChI=1S/C21H17N5/c1-15-6-8-17(9-7-15)20-24-19-5-3-2-4-18(19)21(25-20)26-23-14-16-10-12-22-13-11-16/h2-14H,1H3,(H,24,25,26)/b23-14-. The molecule has 0 spiro atoms. The summed E-state index contributed by atoms with van der Waals surface area (Å²) < 4.78 is 0. The van der Waals surface area contributed by atoms with E-state index >= 15 is 0 Å². The van der Waals surface area contributed by atoms with Gasteiger partial charge in [-0.25, -0.2) is 9.97 Å². The number of hydrogen-bond acceptors (Lipinski definition) is 5. The normalized spacial score (nSPS) is 11.1. The number of rotatable bonds is 4. The second-order valence-electron chi connectivity index (χ2n) is 5.93. The number of nitrogens with one attached hydrogen (secondary N) is 1. The van der Waals surface area contributed by atoms with Crippen LogP contribution in [0, 0.1) is 6.92 Å². The Balaban J connectivity index is 1.72. The summed E-state index contributed by atoms with van der Waals surface area (Å²) in [5, 5.41) is 5.24. The van der Waals surface area contributed by atoms with Crippen molar-refractivity contribution in [3.8, 4) is 11.4 Å². The fourth-order valence-corrected chi connectivity index (χ4v) is 2.61. The Kier molecular flexibility index (Phi) is 4.35. The van der Waals surface area contributed by atoms with Crippen LogP contribution in [0.1, 0.15) is 11.1 Å². The zero-order chi connectivity index (χ0) is 17.8. The van der Waals surface area contributed by atoms with E-state index in [1.54, 1.807) is 18.6 Å². The Morgan fingerprint density at radius 2 is 1.65 bits per heavy atom. The molecule has 5 heteroatoms. The lowest BCUT2D eigenvalue weighted by atomic mass is 10.1. The van der Waals surface area contributed by atoms with E-state index in [4.69, 9.17) is 4.98 Å². The maximum absolute atomic E-state index is 4.69. The maximum atomic E-state index is 4.69. The number of para-hydroxylation sites is 1. The molecule has 0 aliphatic rings. The average molecular weight is 339 g/mol. The van der Waals surface area contributed by atoms with Crippen LogP contribution in [0.3, 0.4) is 0 Å². The van der Waals surface area contributed by atoms with Crippen molar-refractivity contribution in [2.75, 3.05) is 5.43 Å². The van der Waals surface area contributed by atoms with Crippen molar-refractivity contribution in [3.63, 3.8) is 0 Å². The summed E-state index contributed by atoms with van der Waals surface area (Å²) in [7, 11) is 0. The highest BCUT2D eigenvalue weighted by Crippen LogP contribution is 2.25. The van der Waals surface area contributed by atoms with Crippen LogP contribution in [0.5, 0.6) is 0 Å². The summed E-state index contributed by atoms with van der Waals surface area (Å²) >= 11 is 0. The van der Waals surface area contributed by atoms with Gasteiger partial charge in [0.15, 0.2) is 11.6 Å². The van der Waals surface area contributed by atoms with Gasteiger partial charge in [0.05, 0.1) is 11.7 Å². The third-order valence-corrected chi connectivity index (χ3v) is 4.00.